The van der Waals surface area contributed by atoms with E-state index in [4.69, 9.17) is 5.11 Å². The van der Waals surface area contributed by atoms with Crippen LogP contribution < -0.4 is 10.6 Å². The van der Waals surface area contributed by atoms with Crippen LogP contribution in [0.3, 0.4) is 0 Å². The zero-order valence-corrected chi connectivity index (χ0v) is 11.2. The Kier molecular flexibility index (Phi) is 4.49. The van der Waals surface area contributed by atoms with Crippen molar-refractivity contribution in [3.05, 3.63) is 24.3 Å². The number of benzene rings is 1. The van der Waals surface area contributed by atoms with Crippen molar-refractivity contribution in [2.45, 2.75) is 17.9 Å². The lowest BCUT2D eigenvalue weighted by atomic mass is 10.3. The second-order valence-electron chi connectivity index (χ2n) is 3.95. The summed E-state index contributed by atoms with van der Waals surface area (Å²) in [4.78, 5) is 22.1. The first-order valence-corrected chi connectivity index (χ1v) is 7.20. The molecule has 0 bridgehead atoms. The van der Waals surface area contributed by atoms with Gasteiger partial charge in [-0.3, -0.25) is 4.79 Å². The average molecular weight is 286 g/mol. The molecule has 3 N–H and O–H groups in total. The maximum atomic E-state index is 11.4. The van der Waals surface area contributed by atoms with E-state index in [0.717, 1.165) is 6.26 Å². The van der Waals surface area contributed by atoms with Gasteiger partial charge in [0.15, 0.2) is 9.84 Å². The molecule has 0 spiro atoms. The zero-order chi connectivity index (χ0) is 14.6. The molecule has 1 unspecified atom stereocenters. The fraction of sp³-hybridized carbons (Fsp3) is 0.273. The smallest absolute Gasteiger partial charge is 0.325 e. The van der Waals surface area contributed by atoms with Crippen molar-refractivity contribution in [2.75, 3.05) is 11.6 Å². The molecular weight excluding hydrogens is 272 g/mol. The van der Waals surface area contributed by atoms with Gasteiger partial charge < -0.3 is 15.7 Å². The zero-order valence-electron chi connectivity index (χ0n) is 10.4. The normalized spacial score (nSPS) is 12.5. The SMILES string of the molecule is CC(NC(=O)Nc1ccc(S(C)(=O)=O)cc1)C(=O)O. The first kappa shape index (κ1) is 15.0. The number of carboxylic acid groups (broad SMARTS) is 1. The number of carbonyl (C=O) groups is 2. The first-order chi connectivity index (χ1) is 8.70. The molecule has 0 radical (unpaired) electrons. The van der Waals surface area contributed by atoms with Crippen LogP contribution in [0.2, 0.25) is 0 Å². The molecule has 0 saturated heterocycles. The maximum Gasteiger partial charge on any atom is 0.325 e. The predicted octanol–water partition coefficient (Wildman–Crippen LogP) is 0.685. The summed E-state index contributed by atoms with van der Waals surface area (Å²) in [5.41, 5.74) is 0.363. The van der Waals surface area contributed by atoms with Gasteiger partial charge in [-0.2, -0.15) is 0 Å². The lowest BCUT2D eigenvalue weighted by Crippen LogP contribution is -2.40. The Morgan fingerprint density at radius 3 is 2.16 bits per heavy atom. The molecule has 7 nitrogen and oxygen atoms in total. The predicted molar refractivity (Wildman–Crippen MR) is 68.8 cm³/mol. The van der Waals surface area contributed by atoms with Crippen molar-refractivity contribution < 1.29 is 23.1 Å². The fourth-order valence-corrected chi connectivity index (χ4v) is 1.84. The number of rotatable bonds is 4. The van der Waals surface area contributed by atoms with Crippen molar-refractivity contribution >= 4 is 27.5 Å². The highest BCUT2D eigenvalue weighted by Gasteiger charge is 2.14. The third-order valence-corrected chi connectivity index (χ3v) is 3.39. The van der Waals surface area contributed by atoms with E-state index in [-0.39, 0.29) is 4.90 Å². The Morgan fingerprint density at radius 1 is 1.21 bits per heavy atom. The summed E-state index contributed by atoms with van der Waals surface area (Å²) in [5, 5.41) is 13.2. The summed E-state index contributed by atoms with van der Waals surface area (Å²) in [5.74, 6) is -1.15. The highest BCUT2D eigenvalue weighted by molar-refractivity contribution is 7.90. The summed E-state index contributed by atoms with van der Waals surface area (Å²) in [6, 6.07) is 3.84. The topological polar surface area (TPSA) is 113 Å². The van der Waals surface area contributed by atoms with Crippen LogP contribution in [0.5, 0.6) is 0 Å². The Labute approximate surface area is 110 Å². The Hall–Kier alpha value is -2.09. The fourth-order valence-electron chi connectivity index (χ4n) is 1.21. The Bertz CT molecular complexity index is 580. The average Bonchev–Trinajstić information content (AvgIpc) is 2.28. The molecule has 1 atom stereocenters. The summed E-state index contributed by atoms with van der Waals surface area (Å²) < 4.78 is 22.4. The van der Waals surface area contributed by atoms with Crippen LogP contribution in [0.25, 0.3) is 0 Å². The van der Waals surface area contributed by atoms with Gasteiger partial charge >= 0.3 is 12.0 Å². The van der Waals surface area contributed by atoms with Gasteiger partial charge in [-0.15, -0.1) is 0 Å². The van der Waals surface area contributed by atoms with E-state index in [0.29, 0.717) is 5.69 Å². The third-order valence-electron chi connectivity index (χ3n) is 2.26. The van der Waals surface area contributed by atoms with Crippen molar-refractivity contribution in [3.8, 4) is 0 Å². The molecule has 104 valence electrons. The molecule has 0 aliphatic carbocycles. The number of carbonyl (C=O) groups excluding carboxylic acids is 1. The lowest BCUT2D eigenvalue weighted by molar-refractivity contribution is -0.138. The van der Waals surface area contributed by atoms with Gasteiger partial charge in [-0.25, -0.2) is 13.2 Å². The molecule has 1 aromatic rings. The third kappa shape index (κ3) is 4.59. The molecule has 1 aromatic carbocycles. The van der Waals surface area contributed by atoms with Crippen LogP contribution in [0.15, 0.2) is 29.2 Å². The van der Waals surface area contributed by atoms with Crippen molar-refractivity contribution in [1.29, 1.82) is 0 Å². The van der Waals surface area contributed by atoms with Crippen LogP contribution >= 0.6 is 0 Å². The maximum absolute atomic E-state index is 11.4. The quantitative estimate of drug-likeness (QED) is 0.753. The van der Waals surface area contributed by atoms with Gasteiger partial charge in [0.2, 0.25) is 0 Å². The van der Waals surface area contributed by atoms with Gasteiger partial charge in [-0.1, -0.05) is 0 Å². The summed E-state index contributed by atoms with van der Waals surface area (Å²) in [7, 11) is -3.28. The summed E-state index contributed by atoms with van der Waals surface area (Å²) in [6.45, 7) is 1.33. The highest BCUT2D eigenvalue weighted by atomic mass is 32.2. The van der Waals surface area contributed by atoms with E-state index in [2.05, 4.69) is 10.6 Å². The van der Waals surface area contributed by atoms with E-state index in [1.807, 2.05) is 0 Å². The standard InChI is InChI=1S/C11H14N2O5S/c1-7(10(14)15)12-11(16)13-8-3-5-9(6-4-8)19(2,17)18/h3-7H,1-2H3,(H,14,15)(H2,12,13,16). The number of aliphatic carboxylic acids is 1. The van der Waals surface area contributed by atoms with E-state index in [1.165, 1.54) is 31.2 Å². The molecular formula is C11H14N2O5S. The minimum Gasteiger partial charge on any atom is -0.480 e. The molecule has 0 aliphatic rings. The Balaban J connectivity index is 2.69. The number of urea groups is 1. The molecule has 2 amide bonds. The Morgan fingerprint density at radius 2 is 1.74 bits per heavy atom. The number of carboxylic acids is 1. The van der Waals surface area contributed by atoms with Gasteiger partial charge in [0.25, 0.3) is 0 Å². The molecule has 0 aliphatic heterocycles. The highest BCUT2D eigenvalue weighted by Crippen LogP contribution is 2.13. The van der Waals surface area contributed by atoms with Gasteiger partial charge in [0.05, 0.1) is 4.90 Å². The number of amides is 2. The first-order valence-electron chi connectivity index (χ1n) is 5.30. The molecule has 0 heterocycles. The molecule has 19 heavy (non-hydrogen) atoms. The van der Waals surface area contributed by atoms with Gasteiger partial charge in [0, 0.05) is 11.9 Å². The van der Waals surface area contributed by atoms with Crippen molar-refractivity contribution in [1.82, 2.24) is 5.32 Å². The van der Waals surface area contributed by atoms with E-state index < -0.39 is 27.9 Å². The van der Waals surface area contributed by atoms with E-state index in [1.54, 1.807) is 0 Å². The minimum atomic E-state index is -3.28. The summed E-state index contributed by atoms with van der Waals surface area (Å²) in [6.07, 6.45) is 1.08. The van der Waals surface area contributed by atoms with Crippen LogP contribution in [0, 0.1) is 0 Å². The monoisotopic (exact) mass is 286 g/mol. The second-order valence-corrected chi connectivity index (χ2v) is 5.97. The van der Waals surface area contributed by atoms with Crippen LogP contribution in [0.1, 0.15) is 6.92 Å². The van der Waals surface area contributed by atoms with Crippen molar-refractivity contribution in [2.24, 2.45) is 0 Å². The minimum absolute atomic E-state index is 0.136. The lowest BCUT2D eigenvalue weighted by Gasteiger charge is -2.10. The second kappa shape index (κ2) is 5.70. The molecule has 8 heteroatoms. The van der Waals surface area contributed by atoms with Crippen LogP contribution in [-0.2, 0) is 14.6 Å². The van der Waals surface area contributed by atoms with Crippen LogP contribution in [0.4, 0.5) is 10.5 Å². The number of hydrogen-bond acceptors (Lipinski definition) is 4. The van der Waals surface area contributed by atoms with E-state index in [9.17, 15) is 18.0 Å². The van der Waals surface area contributed by atoms with E-state index >= 15 is 0 Å². The number of anilines is 1. The molecule has 0 fully saturated rings. The van der Waals surface area contributed by atoms with Gasteiger partial charge in [0.1, 0.15) is 6.04 Å². The molecule has 1 rings (SSSR count). The largest absolute Gasteiger partial charge is 0.480 e. The number of hydrogen-bond donors (Lipinski definition) is 3. The van der Waals surface area contributed by atoms with Gasteiger partial charge in [-0.05, 0) is 31.2 Å². The summed E-state index contributed by atoms with van der Waals surface area (Å²) >= 11 is 0. The number of sulfone groups is 1. The molecule has 0 saturated carbocycles. The van der Waals surface area contributed by atoms with Crippen LogP contribution in [-0.4, -0.2) is 37.8 Å². The number of nitrogens with one attached hydrogen (secondary N) is 2. The van der Waals surface area contributed by atoms with Crippen molar-refractivity contribution in [3.63, 3.8) is 0 Å². The molecule has 0 aromatic heterocycles.